The third-order valence-corrected chi connectivity index (χ3v) is 4.35. The van der Waals surface area contributed by atoms with Crippen molar-refractivity contribution in [2.24, 2.45) is 10.2 Å². The summed E-state index contributed by atoms with van der Waals surface area (Å²) in [5.74, 6) is -0.119. The Morgan fingerprint density at radius 3 is 2.58 bits per heavy atom. The molecule has 1 aliphatic rings. The quantitative estimate of drug-likeness (QED) is 0.642. The summed E-state index contributed by atoms with van der Waals surface area (Å²) < 4.78 is 0. The SMILES string of the molecule is CCN1C(=O)/C(=N/N=C\c2ccc(N(C)CCO)cc2)c2ccccc21. The van der Waals surface area contributed by atoms with Crippen molar-refractivity contribution < 1.29 is 9.90 Å². The second-order valence-corrected chi connectivity index (χ2v) is 6.00. The molecule has 0 aromatic heterocycles. The van der Waals surface area contributed by atoms with Gasteiger partial charge in [-0.05, 0) is 30.7 Å². The van der Waals surface area contributed by atoms with E-state index in [2.05, 4.69) is 10.2 Å². The van der Waals surface area contributed by atoms with Crippen LogP contribution in [0.15, 0.2) is 58.7 Å². The summed E-state index contributed by atoms with van der Waals surface area (Å²) in [5.41, 5.74) is 3.98. The van der Waals surface area contributed by atoms with E-state index in [0.717, 1.165) is 22.5 Å². The summed E-state index contributed by atoms with van der Waals surface area (Å²) >= 11 is 0. The van der Waals surface area contributed by atoms with Gasteiger partial charge < -0.3 is 14.9 Å². The zero-order chi connectivity index (χ0) is 18.5. The number of aliphatic hydroxyl groups is 1. The second kappa shape index (κ2) is 7.93. The van der Waals surface area contributed by atoms with Gasteiger partial charge in [-0.2, -0.15) is 5.10 Å². The minimum atomic E-state index is -0.119. The number of benzene rings is 2. The number of likely N-dealkylation sites (N-methyl/N-ethyl adjacent to an activating group) is 2. The predicted molar refractivity (Wildman–Crippen MR) is 105 cm³/mol. The monoisotopic (exact) mass is 350 g/mol. The lowest BCUT2D eigenvalue weighted by molar-refractivity contribution is -0.112. The highest BCUT2D eigenvalue weighted by atomic mass is 16.3. The molecule has 3 rings (SSSR count). The molecule has 0 aliphatic carbocycles. The minimum Gasteiger partial charge on any atom is -0.395 e. The number of aliphatic hydroxyl groups excluding tert-OH is 1. The molecule has 1 aliphatic heterocycles. The molecule has 1 N–H and O–H groups in total. The molecule has 26 heavy (non-hydrogen) atoms. The first-order valence-electron chi connectivity index (χ1n) is 8.60. The Labute approximate surface area is 153 Å². The van der Waals surface area contributed by atoms with Crippen molar-refractivity contribution in [1.82, 2.24) is 0 Å². The molecule has 2 aromatic rings. The number of nitrogens with zero attached hydrogens (tertiary/aromatic N) is 4. The summed E-state index contributed by atoms with van der Waals surface area (Å²) in [4.78, 5) is 16.2. The molecule has 1 heterocycles. The number of anilines is 2. The van der Waals surface area contributed by atoms with Crippen LogP contribution in [-0.4, -0.2) is 49.7 Å². The fourth-order valence-corrected chi connectivity index (χ4v) is 2.92. The van der Waals surface area contributed by atoms with Gasteiger partial charge in [0.25, 0.3) is 5.91 Å². The molecule has 0 spiro atoms. The average molecular weight is 350 g/mol. The standard InChI is InChI=1S/C20H22N4O2/c1-3-24-18-7-5-4-6-17(18)19(20(24)26)22-21-14-15-8-10-16(11-9-15)23(2)12-13-25/h4-11,14,25H,3,12-13H2,1-2H3/b21-14-,22-19+. The number of carbonyl (C=O) groups excluding carboxylic acids is 1. The summed E-state index contributed by atoms with van der Waals surface area (Å²) in [7, 11) is 1.92. The number of amides is 1. The van der Waals surface area contributed by atoms with E-state index in [9.17, 15) is 4.79 Å². The first-order valence-corrected chi connectivity index (χ1v) is 8.60. The molecule has 6 heteroatoms. The van der Waals surface area contributed by atoms with E-state index in [1.54, 1.807) is 11.1 Å². The maximum atomic E-state index is 12.5. The molecule has 134 valence electrons. The zero-order valence-corrected chi connectivity index (χ0v) is 15.0. The first-order chi connectivity index (χ1) is 12.7. The molecule has 0 fully saturated rings. The molecule has 2 aromatic carbocycles. The Morgan fingerprint density at radius 1 is 1.15 bits per heavy atom. The van der Waals surface area contributed by atoms with Crippen LogP contribution in [0.3, 0.4) is 0 Å². The maximum Gasteiger partial charge on any atom is 0.279 e. The highest BCUT2D eigenvalue weighted by molar-refractivity contribution is 6.54. The highest BCUT2D eigenvalue weighted by Crippen LogP contribution is 2.28. The molecule has 0 saturated heterocycles. The number of hydrogen-bond donors (Lipinski definition) is 1. The lowest BCUT2D eigenvalue weighted by Gasteiger charge is -2.17. The fraction of sp³-hybridized carbons (Fsp3) is 0.250. The third kappa shape index (κ3) is 3.50. The largest absolute Gasteiger partial charge is 0.395 e. The fourth-order valence-electron chi connectivity index (χ4n) is 2.92. The molecule has 0 radical (unpaired) electrons. The van der Waals surface area contributed by atoms with E-state index in [1.165, 1.54) is 0 Å². The molecule has 0 unspecified atom stereocenters. The van der Waals surface area contributed by atoms with Crippen molar-refractivity contribution in [3.05, 3.63) is 59.7 Å². The normalized spacial score (nSPS) is 15.1. The summed E-state index contributed by atoms with van der Waals surface area (Å²) in [6.45, 7) is 3.23. The molecule has 0 saturated carbocycles. The van der Waals surface area contributed by atoms with Crippen LogP contribution in [0.5, 0.6) is 0 Å². The second-order valence-electron chi connectivity index (χ2n) is 6.00. The molecule has 1 amide bonds. The van der Waals surface area contributed by atoms with Gasteiger partial charge in [-0.15, -0.1) is 5.10 Å². The van der Waals surface area contributed by atoms with Crippen molar-refractivity contribution in [3.8, 4) is 0 Å². The lowest BCUT2D eigenvalue weighted by atomic mass is 10.1. The van der Waals surface area contributed by atoms with Gasteiger partial charge in [-0.25, -0.2) is 0 Å². The van der Waals surface area contributed by atoms with Gasteiger partial charge in [0, 0.05) is 31.4 Å². The van der Waals surface area contributed by atoms with Crippen molar-refractivity contribution in [1.29, 1.82) is 0 Å². The van der Waals surface area contributed by atoms with Crippen molar-refractivity contribution in [2.75, 3.05) is 36.5 Å². The smallest absolute Gasteiger partial charge is 0.279 e. The number of rotatable bonds is 6. The summed E-state index contributed by atoms with van der Waals surface area (Å²) in [6.07, 6.45) is 1.63. The van der Waals surface area contributed by atoms with Crippen LogP contribution >= 0.6 is 0 Å². The lowest BCUT2D eigenvalue weighted by Crippen LogP contribution is -2.29. The van der Waals surface area contributed by atoms with Crippen LogP contribution in [-0.2, 0) is 4.79 Å². The van der Waals surface area contributed by atoms with E-state index >= 15 is 0 Å². The van der Waals surface area contributed by atoms with Crippen LogP contribution in [0.4, 0.5) is 11.4 Å². The number of hydrogen-bond acceptors (Lipinski definition) is 5. The van der Waals surface area contributed by atoms with Crippen molar-refractivity contribution in [2.45, 2.75) is 6.92 Å². The van der Waals surface area contributed by atoms with Gasteiger partial charge in [0.05, 0.1) is 18.5 Å². The Bertz CT molecular complexity index is 843. The van der Waals surface area contributed by atoms with Crippen molar-refractivity contribution >= 4 is 29.2 Å². The topological polar surface area (TPSA) is 68.5 Å². The minimum absolute atomic E-state index is 0.113. The average Bonchev–Trinajstić information content (AvgIpc) is 2.94. The molecule has 0 atom stereocenters. The summed E-state index contributed by atoms with van der Waals surface area (Å²) in [5, 5.41) is 17.3. The molecule has 6 nitrogen and oxygen atoms in total. The van der Waals surface area contributed by atoms with Crippen LogP contribution in [0, 0.1) is 0 Å². The van der Waals surface area contributed by atoms with Crippen LogP contribution in [0.2, 0.25) is 0 Å². The Kier molecular flexibility index (Phi) is 5.43. The third-order valence-electron chi connectivity index (χ3n) is 4.35. The Morgan fingerprint density at radius 2 is 1.88 bits per heavy atom. The Hall–Kier alpha value is -2.99. The first kappa shape index (κ1) is 17.8. The Balaban J connectivity index is 1.78. The van der Waals surface area contributed by atoms with Crippen LogP contribution in [0.25, 0.3) is 0 Å². The van der Waals surface area contributed by atoms with Gasteiger partial charge in [0.15, 0.2) is 5.71 Å². The van der Waals surface area contributed by atoms with Crippen LogP contribution < -0.4 is 9.80 Å². The maximum absolute atomic E-state index is 12.5. The van der Waals surface area contributed by atoms with Gasteiger partial charge in [-0.1, -0.05) is 30.3 Å². The van der Waals surface area contributed by atoms with E-state index < -0.39 is 0 Å². The van der Waals surface area contributed by atoms with Gasteiger partial charge in [0.1, 0.15) is 0 Å². The number of fused-ring (bicyclic) bond motifs is 1. The van der Waals surface area contributed by atoms with E-state index in [0.29, 0.717) is 18.8 Å². The molecular formula is C20H22N4O2. The van der Waals surface area contributed by atoms with Gasteiger partial charge in [-0.3, -0.25) is 4.79 Å². The van der Waals surface area contributed by atoms with E-state index in [-0.39, 0.29) is 12.5 Å². The molecule has 0 bridgehead atoms. The highest BCUT2D eigenvalue weighted by Gasteiger charge is 2.32. The van der Waals surface area contributed by atoms with Crippen LogP contribution in [0.1, 0.15) is 18.1 Å². The predicted octanol–water partition coefficient (Wildman–Crippen LogP) is 2.30. The number of carbonyl (C=O) groups is 1. The van der Waals surface area contributed by atoms with Gasteiger partial charge >= 0.3 is 0 Å². The zero-order valence-electron chi connectivity index (χ0n) is 15.0. The van der Waals surface area contributed by atoms with Crippen molar-refractivity contribution in [3.63, 3.8) is 0 Å². The summed E-state index contributed by atoms with van der Waals surface area (Å²) in [6, 6.07) is 15.4. The van der Waals surface area contributed by atoms with Gasteiger partial charge in [0.2, 0.25) is 0 Å². The van der Waals surface area contributed by atoms with E-state index in [4.69, 9.17) is 5.11 Å². The number of para-hydroxylation sites is 1. The van der Waals surface area contributed by atoms with E-state index in [1.807, 2.05) is 67.4 Å². The molecular weight excluding hydrogens is 328 g/mol.